The van der Waals surface area contributed by atoms with Gasteiger partial charge in [0, 0.05) is 5.02 Å². The van der Waals surface area contributed by atoms with Crippen LogP contribution in [0, 0.1) is 0 Å². The van der Waals surface area contributed by atoms with Crippen LogP contribution in [0.5, 0.6) is 0 Å². The van der Waals surface area contributed by atoms with Crippen LogP contribution in [-0.2, 0) is 15.1 Å². The van der Waals surface area contributed by atoms with Crippen molar-refractivity contribution in [3.63, 3.8) is 0 Å². The number of hydrogen-bond acceptors (Lipinski definition) is 3. The third-order valence-corrected chi connectivity index (χ3v) is 2.80. The summed E-state index contributed by atoms with van der Waals surface area (Å²) in [5, 5.41) is 10.2. The quantitative estimate of drug-likeness (QED) is 0.862. The predicted octanol–water partition coefficient (Wildman–Crippen LogP) is 2.75. The zero-order chi connectivity index (χ0) is 14.0. The lowest BCUT2D eigenvalue weighted by atomic mass is 9.89. The minimum atomic E-state index is -4.04. The average molecular weight is 279 g/mol. The molecular formula is C12H13ClF2O3. The second-order valence-corrected chi connectivity index (χ2v) is 4.31. The molecule has 1 atom stereocenters. The number of ether oxygens (including phenoxy) is 1. The topological polar surface area (TPSA) is 46.5 Å². The molecular weight excluding hydrogens is 266 g/mol. The smallest absolute Gasteiger partial charge is 0.380 e. The van der Waals surface area contributed by atoms with Crippen molar-refractivity contribution in [2.45, 2.75) is 25.4 Å². The van der Waals surface area contributed by atoms with Gasteiger partial charge in [0.15, 0.2) is 5.60 Å². The summed E-state index contributed by atoms with van der Waals surface area (Å²) in [4.78, 5) is 11.2. The number of carbonyl (C=O) groups is 1. The summed E-state index contributed by atoms with van der Waals surface area (Å²) < 4.78 is 31.9. The minimum absolute atomic E-state index is 0.120. The van der Waals surface area contributed by atoms with Gasteiger partial charge in [0.05, 0.1) is 6.61 Å². The second-order valence-electron chi connectivity index (χ2n) is 3.87. The average Bonchev–Trinajstić information content (AvgIpc) is 2.29. The minimum Gasteiger partial charge on any atom is -0.461 e. The van der Waals surface area contributed by atoms with Gasteiger partial charge in [-0.3, -0.25) is 0 Å². The second kappa shape index (κ2) is 5.20. The molecule has 1 aromatic rings. The molecule has 100 valence electrons. The number of alkyl halides is 2. The molecule has 0 aliphatic rings. The number of benzene rings is 1. The first-order chi connectivity index (χ1) is 8.23. The summed E-state index contributed by atoms with van der Waals surface area (Å²) in [7, 11) is 0. The molecule has 0 aliphatic heterocycles. The van der Waals surface area contributed by atoms with Crippen molar-refractivity contribution in [1.82, 2.24) is 0 Å². The maximum atomic E-state index is 13.8. The fourth-order valence-electron chi connectivity index (χ4n) is 1.38. The largest absolute Gasteiger partial charge is 0.461 e. The molecule has 18 heavy (non-hydrogen) atoms. The fourth-order valence-corrected chi connectivity index (χ4v) is 1.50. The van der Waals surface area contributed by atoms with Crippen molar-refractivity contribution in [2.24, 2.45) is 0 Å². The van der Waals surface area contributed by atoms with Crippen LogP contribution in [0.2, 0.25) is 5.02 Å². The van der Waals surface area contributed by atoms with Gasteiger partial charge in [-0.15, -0.1) is 0 Å². The Morgan fingerprint density at radius 3 is 2.33 bits per heavy atom. The summed E-state index contributed by atoms with van der Waals surface area (Å²) in [6.45, 7) is 2.07. The molecule has 0 aromatic heterocycles. The van der Waals surface area contributed by atoms with E-state index in [1.165, 1.54) is 31.2 Å². The monoisotopic (exact) mass is 278 g/mol. The summed E-state index contributed by atoms with van der Waals surface area (Å²) in [5.41, 5.74) is -2.78. The van der Waals surface area contributed by atoms with Crippen LogP contribution in [0.15, 0.2) is 24.3 Å². The Hall–Kier alpha value is -1.20. The highest BCUT2D eigenvalue weighted by Crippen LogP contribution is 2.38. The Labute approximate surface area is 108 Å². The van der Waals surface area contributed by atoms with Crippen molar-refractivity contribution < 1.29 is 23.4 Å². The zero-order valence-electron chi connectivity index (χ0n) is 9.91. The van der Waals surface area contributed by atoms with E-state index in [1.54, 1.807) is 0 Å². The molecule has 1 N–H and O–H groups in total. The van der Waals surface area contributed by atoms with Gasteiger partial charge in [-0.25, -0.2) is 4.79 Å². The molecule has 1 rings (SSSR count). The number of halogens is 3. The zero-order valence-corrected chi connectivity index (χ0v) is 10.7. The lowest BCUT2D eigenvalue weighted by molar-refractivity contribution is -0.212. The van der Waals surface area contributed by atoms with Gasteiger partial charge in [0.1, 0.15) is 0 Å². The van der Waals surface area contributed by atoms with Crippen molar-refractivity contribution >= 4 is 17.6 Å². The lowest BCUT2D eigenvalue weighted by Gasteiger charge is -2.31. The van der Waals surface area contributed by atoms with Gasteiger partial charge in [-0.1, -0.05) is 23.7 Å². The normalized spacial score (nSPS) is 15.0. The number of aliphatic hydroxyl groups is 1. The maximum Gasteiger partial charge on any atom is 0.380 e. The van der Waals surface area contributed by atoms with Crippen LogP contribution in [0.3, 0.4) is 0 Å². The van der Waals surface area contributed by atoms with E-state index in [9.17, 15) is 18.7 Å². The molecule has 6 heteroatoms. The third kappa shape index (κ3) is 2.62. The van der Waals surface area contributed by atoms with Crippen molar-refractivity contribution in [2.75, 3.05) is 6.61 Å². The van der Waals surface area contributed by atoms with E-state index in [-0.39, 0.29) is 12.2 Å². The molecule has 0 fully saturated rings. The Bertz CT molecular complexity index is 429. The van der Waals surface area contributed by atoms with Crippen LogP contribution in [0.25, 0.3) is 0 Å². The summed E-state index contributed by atoms with van der Waals surface area (Å²) >= 11 is 5.63. The van der Waals surface area contributed by atoms with Crippen LogP contribution in [0.1, 0.15) is 19.4 Å². The highest BCUT2D eigenvalue weighted by molar-refractivity contribution is 6.30. The van der Waals surface area contributed by atoms with E-state index < -0.39 is 17.5 Å². The summed E-state index contributed by atoms with van der Waals surface area (Å²) in [6.07, 6.45) is 0. The first-order valence-electron chi connectivity index (χ1n) is 5.27. The Kier molecular flexibility index (Phi) is 4.29. The lowest BCUT2D eigenvalue weighted by Crippen LogP contribution is -2.49. The third-order valence-electron chi connectivity index (χ3n) is 2.55. The molecule has 0 radical (unpaired) electrons. The first-order valence-corrected chi connectivity index (χ1v) is 5.64. The van der Waals surface area contributed by atoms with E-state index in [1.807, 2.05) is 0 Å². The number of esters is 1. The molecule has 0 saturated carbocycles. The Morgan fingerprint density at radius 1 is 1.39 bits per heavy atom. The van der Waals surface area contributed by atoms with Crippen molar-refractivity contribution in [3.05, 3.63) is 34.9 Å². The predicted molar refractivity (Wildman–Crippen MR) is 62.6 cm³/mol. The highest BCUT2D eigenvalue weighted by Gasteiger charge is 2.57. The van der Waals surface area contributed by atoms with E-state index in [0.717, 1.165) is 6.92 Å². The van der Waals surface area contributed by atoms with Crippen molar-refractivity contribution in [3.8, 4) is 0 Å². The van der Waals surface area contributed by atoms with Gasteiger partial charge in [-0.2, -0.15) is 8.78 Å². The van der Waals surface area contributed by atoms with E-state index in [0.29, 0.717) is 5.02 Å². The molecule has 0 spiro atoms. The van der Waals surface area contributed by atoms with E-state index in [4.69, 9.17) is 11.6 Å². The van der Waals surface area contributed by atoms with Crippen LogP contribution in [0.4, 0.5) is 8.78 Å². The van der Waals surface area contributed by atoms with Gasteiger partial charge >= 0.3 is 11.9 Å². The number of hydrogen-bond donors (Lipinski definition) is 1. The molecule has 0 saturated heterocycles. The highest BCUT2D eigenvalue weighted by atomic mass is 35.5. The molecule has 0 amide bonds. The van der Waals surface area contributed by atoms with Crippen LogP contribution >= 0.6 is 11.6 Å². The number of rotatable bonds is 4. The van der Waals surface area contributed by atoms with Gasteiger partial charge < -0.3 is 9.84 Å². The molecule has 1 unspecified atom stereocenters. The Balaban J connectivity index is 3.11. The Morgan fingerprint density at radius 2 is 1.89 bits per heavy atom. The van der Waals surface area contributed by atoms with Gasteiger partial charge in [0.2, 0.25) is 0 Å². The van der Waals surface area contributed by atoms with E-state index >= 15 is 0 Å². The summed E-state index contributed by atoms with van der Waals surface area (Å²) in [5.74, 6) is -5.80. The summed E-state index contributed by atoms with van der Waals surface area (Å²) in [6, 6.07) is 5.17. The maximum absolute atomic E-state index is 13.8. The van der Waals surface area contributed by atoms with E-state index in [2.05, 4.69) is 4.74 Å². The van der Waals surface area contributed by atoms with Crippen LogP contribution in [-0.4, -0.2) is 23.6 Å². The fraction of sp³-hybridized carbons (Fsp3) is 0.417. The van der Waals surface area contributed by atoms with Crippen LogP contribution < -0.4 is 0 Å². The molecule has 0 bridgehead atoms. The number of carbonyl (C=O) groups excluding carboxylic acids is 1. The van der Waals surface area contributed by atoms with Gasteiger partial charge in [0.25, 0.3) is 0 Å². The molecule has 3 nitrogen and oxygen atoms in total. The first kappa shape index (κ1) is 14.9. The standard InChI is InChI=1S/C12H13ClF2O3/c1-3-18-10(16)12(14,15)11(2,17)8-4-6-9(13)7-5-8/h4-7,17H,3H2,1-2H3. The molecule has 0 heterocycles. The molecule has 1 aromatic carbocycles. The molecule has 0 aliphatic carbocycles. The van der Waals surface area contributed by atoms with Gasteiger partial charge in [-0.05, 0) is 31.5 Å². The van der Waals surface area contributed by atoms with Crippen molar-refractivity contribution in [1.29, 1.82) is 0 Å². The SMILES string of the molecule is CCOC(=O)C(F)(F)C(C)(O)c1ccc(Cl)cc1.